The fourth-order valence-electron chi connectivity index (χ4n) is 1.41. The van der Waals surface area contributed by atoms with Crippen molar-refractivity contribution in [2.45, 2.75) is 26.3 Å². The Morgan fingerprint density at radius 2 is 1.61 bits per heavy atom. The summed E-state index contributed by atoms with van der Waals surface area (Å²) >= 11 is 0. The highest BCUT2D eigenvalue weighted by Crippen LogP contribution is 2.19. The predicted octanol–water partition coefficient (Wildman–Crippen LogP) is -0.454. The lowest BCUT2D eigenvalue weighted by Gasteiger charge is -2.32. The lowest BCUT2D eigenvalue weighted by Crippen LogP contribution is -2.53. The number of hydrogen-bond acceptors (Lipinski definition) is 5. The van der Waals surface area contributed by atoms with E-state index in [2.05, 4.69) is 0 Å². The van der Waals surface area contributed by atoms with Crippen LogP contribution in [0.15, 0.2) is 0 Å². The second-order valence-corrected chi connectivity index (χ2v) is 8.75. The lowest BCUT2D eigenvalue weighted by molar-refractivity contribution is -0.146. The predicted molar refractivity (Wildman–Crippen MR) is 67.6 cm³/mol. The van der Waals surface area contributed by atoms with Gasteiger partial charge in [-0.2, -0.15) is 4.31 Å². The number of carboxylic acid groups (broad SMARTS) is 1. The summed E-state index contributed by atoms with van der Waals surface area (Å²) in [5.74, 6) is -2.43. The van der Waals surface area contributed by atoms with Crippen molar-refractivity contribution in [2.75, 3.05) is 24.3 Å². The Balaban J connectivity index is 5.25. The van der Waals surface area contributed by atoms with Gasteiger partial charge in [-0.15, -0.1) is 0 Å². The summed E-state index contributed by atoms with van der Waals surface area (Å²) in [5.41, 5.74) is -1.61. The van der Waals surface area contributed by atoms with Gasteiger partial charge in [-0.1, -0.05) is 6.92 Å². The molecular formula is C9H19NO6S2. The van der Waals surface area contributed by atoms with E-state index in [-0.39, 0.29) is 6.54 Å². The molecule has 0 aromatic heterocycles. The zero-order valence-corrected chi connectivity index (χ0v) is 12.5. The molecular weight excluding hydrogens is 282 g/mol. The molecule has 9 heteroatoms. The van der Waals surface area contributed by atoms with E-state index < -0.39 is 42.9 Å². The summed E-state index contributed by atoms with van der Waals surface area (Å²) in [6.07, 6.45) is 0.932. The molecule has 0 unspecified atom stereocenters. The van der Waals surface area contributed by atoms with Crippen molar-refractivity contribution in [3.05, 3.63) is 0 Å². The average Bonchev–Trinajstić information content (AvgIpc) is 2.13. The van der Waals surface area contributed by atoms with Crippen molar-refractivity contribution >= 4 is 25.8 Å². The van der Waals surface area contributed by atoms with Crippen LogP contribution in [-0.4, -0.2) is 62.1 Å². The third-order valence-corrected chi connectivity index (χ3v) is 5.79. The first kappa shape index (κ1) is 17.3. The molecule has 0 spiro atoms. The molecule has 0 bridgehead atoms. The van der Waals surface area contributed by atoms with E-state index in [9.17, 15) is 21.6 Å². The normalized spacial score (nSPS) is 13.8. The van der Waals surface area contributed by atoms with Crippen molar-refractivity contribution in [3.63, 3.8) is 0 Å². The van der Waals surface area contributed by atoms with E-state index in [0.717, 1.165) is 10.6 Å². The minimum absolute atomic E-state index is 0.0363. The molecule has 0 radical (unpaired) electrons. The highest BCUT2D eigenvalue weighted by atomic mass is 32.2. The Morgan fingerprint density at radius 3 is 1.89 bits per heavy atom. The van der Waals surface area contributed by atoms with Gasteiger partial charge >= 0.3 is 5.97 Å². The maximum absolute atomic E-state index is 12.0. The van der Waals surface area contributed by atoms with Gasteiger partial charge < -0.3 is 5.11 Å². The number of likely N-dealkylation sites (N-methyl/N-ethyl adjacent to an activating group) is 1. The SMILES string of the molecule is CCN(C(C)(C)C(=O)O)S(=O)(=O)CCS(C)(=O)=O. The summed E-state index contributed by atoms with van der Waals surface area (Å²) in [6, 6.07) is 0. The Bertz CT molecular complexity index is 505. The van der Waals surface area contributed by atoms with Crippen LogP contribution < -0.4 is 0 Å². The average molecular weight is 301 g/mol. The number of rotatable bonds is 7. The second-order valence-electron chi connectivity index (χ2n) is 4.47. The number of carbonyl (C=O) groups is 1. The van der Waals surface area contributed by atoms with Crippen LogP contribution in [0.1, 0.15) is 20.8 Å². The maximum Gasteiger partial charge on any atom is 0.324 e. The highest BCUT2D eigenvalue weighted by Gasteiger charge is 2.41. The molecule has 0 saturated heterocycles. The molecule has 0 aliphatic carbocycles. The van der Waals surface area contributed by atoms with Gasteiger partial charge in [0.15, 0.2) is 0 Å². The van der Waals surface area contributed by atoms with Crippen LogP contribution in [0.25, 0.3) is 0 Å². The second kappa shape index (κ2) is 5.54. The third kappa shape index (κ3) is 4.54. The highest BCUT2D eigenvalue weighted by molar-refractivity contribution is 7.93. The van der Waals surface area contributed by atoms with Gasteiger partial charge in [0.1, 0.15) is 15.4 Å². The molecule has 18 heavy (non-hydrogen) atoms. The van der Waals surface area contributed by atoms with E-state index in [0.29, 0.717) is 0 Å². The third-order valence-electron chi connectivity index (χ3n) is 2.48. The first-order valence-electron chi connectivity index (χ1n) is 5.26. The number of hydrogen-bond donors (Lipinski definition) is 1. The molecule has 7 nitrogen and oxygen atoms in total. The minimum Gasteiger partial charge on any atom is -0.480 e. The molecule has 0 atom stereocenters. The van der Waals surface area contributed by atoms with Crippen molar-refractivity contribution in [3.8, 4) is 0 Å². The van der Waals surface area contributed by atoms with E-state index in [1.54, 1.807) is 0 Å². The number of aliphatic carboxylic acids is 1. The first-order valence-corrected chi connectivity index (χ1v) is 8.93. The summed E-state index contributed by atoms with van der Waals surface area (Å²) in [6.45, 7) is 3.99. The number of sulfonamides is 1. The largest absolute Gasteiger partial charge is 0.480 e. The van der Waals surface area contributed by atoms with Crippen LogP contribution in [0.5, 0.6) is 0 Å². The number of carboxylic acids is 1. The maximum atomic E-state index is 12.0. The topological polar surface area (TPSA) is 109 Å². The Kier molecular flexibility index (Phi) is 5.33. The summed E-state index contributed by atoms with van der Waals surface area (Å²) in [4.78, 5) is 11.0. The van der Waals surface area contributed by atoms with Crippen LogP contribution >= 0.6 is 0 Å². The van der Waals surface area contributed by atoms with Crippen molar-refractivity contribution < 1.29 is 26.7 Å². The van der Waals surface area contributed by atoms with Crippen LogP contribution in [-0.2, 0) is 24.7 Å². The standard InChI is InChI=1S/C9H19NO6S2/c1-5-10(9(2,3)8(11)12)18(15,16)7-6-17(4,13)14/h5-7H2,1-4H3,(H,11,12). The van der Waals surface area contributed by atoms with Crippen LogP contribution in [0.4, 0.5) is 0 Å². The Morgan fingerprint density at radius 1 is 1.17 bits per heavy atom. The minimum atomic E-state index is -3.93. The van der Waals surface area contributed by atoms with Gasteiger partial charge in [0.05, 0.1) is 11.5 Å². The zero-order chi connectivity index (χ0) is 14.8. The fourth-order valence-corrected chi connectivity index (χ4v) is 4.85. The van der Waals surface area contributed by atoms with Gasteiger partial charge in [-0.3, -0.25) is 4.79 Å². The molecule has 0 aliphatic rings. The molecule has 108 valence electrons. The number of nitrogens with zero attached hydrogens (tertiary/aromatic N) is 1. The van der Waals surface area contributed by atoms with Gasteiger partial charge in [0, 0.05) is 12.8 Å². The Hall–Kier alpha value is -0.670. The van der Waals surface area contributed by atoms with E-state index in [4.69, 9.17) is 5.11 Å². The molecule has 0 aromatic carbocycles. The van der Waals surface area contributed by atoms with Gasteiger partial charge in [0.2, 0.25) is 10.0 Å². The van der Waals surface area contributed by atoms with Gasteiger partial charge in [-0.25, -0.2) is 16.8 Å². The molecule has 0 aromatic rings. The van der Waals surface area contributed by atoms with E-state index in [1.165, 1.54) is 20.8 Å². The molecule has 0 amide bonds. The summed E-state index contributed by atoms with van der Waals surface area (Å²) in [5, 5.41) is 9.01. The summed E-state index contributed by atoms with van der Waals surface area (Å²) < 4.78 is 46.7. The molecule has 0 fully saturated rings. The van der Waals surface area contributed by atoms with Crippen molar-refractivity contribution in [1.29, 1.82) is 0 Å². The number of sulfone groups is 1. The molecule has 0 rings (SSSR count). The van der Waals surface area contributed by atoms with Gasteiger partial charge in [-0.05, 0) is 13.8 Å². The molecule has 0 heterocycles. The smallest absolute Gasteiger partial charge is 0.324 e. The van der Waals surface area contributed by atoms with E-state index in [1.807, 2.05) is 0 Å². The molecule has 1 N–H and O–H groups in total. The monoisotopic (exact) mass is 301 g/mol. The molecule has 0 aliphatic heterocycles. The van der Waals surface area contributed by atoms with E-state index >= 15 is 0 Å². The fraction of sp³-hybridized carbons (Fsp3) is 0.889. The van der Waals surface area contributed by atoms with Crippen LogP contribution in [0.2, 0.25) is 0 Å². The van der Waals surface area contributed by atoms with Crippen molar-refractivity contribution in [1.82, 2.24) is 4.31 Å². The zero-order valence-electron chi connectivity index (χ0n) is 10.9. The van der Waals surface area contributed by atoms with Crippen LogP contribution in [0.3, 0.4) is 0 Å². The summed E-state index contributed by atoms with van der Waals surface area (Å²) in [7, 11) is -7.35. The van der Waals surface area contributed by atoms with Gasteiger partial charge in [0.25, 0.3) is 0 Å². The Labute approximate surface area is 108 Å². The lowest BCUT2D eigenvalue weighted by atomic mass is 10.1. The van der Waals surface area contributed by atoms with Crippen LogP contribution in [0, 0.1) is 0 Å². The quantitative estimate of drug-likeness (QED) is 0.682. The molecule has 0 saturated carbocycles. The van der Waals surface area contributed by atoms with Crippen molar-refractivity contribution in [2.24, 2.45) is 0 Å². The first-order chi connectivity index (χ1) is 7.84.